The van der Waals surface area contributed by atoms with Gasteiger partial charge < -0.3 is 9.84 Å². The maximum Gasteiger partial charge on any atom is 0.421 e. The molecule has 0 aliphatic carbocycles. The lowest BCUT2D eigenvalue weighted by atomic mass is 9.84. The summed E-state index contributed by atoms with van der Waals surface area (Å²) in [5.41, 5.74) is -2.16. The Bertz CT molecular complexity index is 417. The molecule has 102 valence electrons. The highest BCUT2D eigenvalue weighted by molar-refractivity contribution is 5.45. The van der Waals surface area contributed by atoms with E-state index in [1.54, 1.807) is 0 Å². The summed E-state index contributed by atoms with van der Waals surface area (Å²) in [6, 6.07) is 2.99. The van der Waals surface area contributed by atoms with E-state index in [2.05, 4.69) is 0 Å². The van der Waals surface area contributed by atoms with E-state index in [1.165, 1.54) is 40.0 Å². The van der Waals surface area contributed by atoms with Gasteiger partial charge in [0.05, 0.1) is 7.11 Å². The van der Waals surface area contributed by atoms with Gasteiger partial charge in [0, 0.05) is 0 Å². The van der Waals surface area contributed by atoms with E-state index < -0.39 is 18.2 Å². The number of alkyl halides is 3. The maximum absolute atomic E-state index is 13.1. The molecule has 18 heavy (non-hydrogen) atoms. The predicted octanol–water partition coefficient (Wildman–Crippen LogP) is 3.47. The average Bonchev–Trinajstić information content (AvgIpc) is 2.25. The van der Waals surface area contributed by atoms with Gasteiger partial charge in [-0.2, -0.15) is 13.2 Å². The predicted molar refractivity (Wildman–Crippen MR) is 62.7 cm³/mol. The largest absolute Gasteiger partial charge is 0.497 e. The molecule has 0 fully saturated rings. The van der Waals surface area contributed by atoms with E-state index in [0.717, 1.165) is 0 Å². The summed E-state index contributed by atoms with van der Waals surface area (Å²) >= 11 is 0. The average molecular weight is 262 g/mol. The first kappa shape index (κ1) is 14.8. The van der Waals surface area contributed by atoms with Crippen LogP contribution in [0, 0.1) is 13.8 Å². The Morgan fingerprint density at radius 2 is 1.61 bits per heavy atom. The Balaban J connectivity index is 3.49. The van der Waals surface area contributed by atoms with E-state index >= 15 is 0 Å². The molecule has 0 spiro atoms. The lowest BCUT2D eigenvalue weighted by molar-refractivity contribution is -0.268. The first-order chi connectivity index (χ1) is 8.17. The molecule has 2 nitrogen and oxygen atoms in total. The molecule has 1 rings (SSSR count). The van der Waals surface area contributed by atoms with Gasteiger partial charge in [-0.05, 0) is 49.1 Å². The third-order valence-corrected chi connectivity index (χ3v) is 3.14. The molecular weight excluding hydrogens is 245 g/mol. The molecule has 1 aromatic rings. The maximum atomic E-state index is 13.1. The number of hydrogen-bond donors (Lipinski definition) is 1. The van der Waals surface area contributed by atoms with Gasteiger partial charge in [0.2, 0.25) is 0 Å². The van der Waals surface area contributed by atoms with Crippen LogP contribution in [-0.4, -0.2) is 18.4 Å². The van der Waals surface area contributed by atoms with E-state index in [0.29, 0.717) is 16.9 Å². The molecule has 1 atom stereocenters. The summed E-state index contributed by atoms with van der Waals surface area (Å²) in [6.07, 6.45) is -5.13. The van der Waals surface area contributed by atoms with Gasteiger partial charge in [0.15, 0.2) is 5.60 Å². The van der Waals surface area contributed by atoms with Crippen molar-refractivity contribution < 1.29 is 23.0 Å². The lowest BCUT2D eigenvalue weighted by Crippen LogP contribution is -2.42. The molecule has 0 aliphatic rings. The van der Waals surface area contributed by atoms with Gasteiger partial charge in [-0.25, -0.2) is 0 Å². The van der Waals surface area contributed by atoms with Gasteiger partial charge >= 0.3 is 6.18 Å². The molecular formula is C13H17F3O2. The van der Waals surface area contributed by atoms with Crippen LogP contribution >= 0.6 is 0 Å². The van der Waals surface area contributed by atoms with Gasteiger partial charge in [-0.15, -0.1) is 0 Å². The van der Waals surface area contributed by atoms with Gasteiger partial charge in [0.1, 0.15) is 5.75 Å². The van der Waals surface area contributed by atoms with E-state index in [1.807, 2.05) is 0 Å². The smallest absolute Gasteiger partial charge is 0.421 e. The first-order valence-electron chi connectivity index (χ1n) is 5.62. The molecule has 0 saturated heterocycles. The van der Waals surface area contributed by atoms with Crippen LogP contribution in [0.15, 0.2) is 12.1 Å². The van der Waals surface area contributed by atoms with Crippen LogP contribution in [0.2, 0.25) is 0 Å². The highest BCUT2D eigenvalue weighted by Gasteiger charge is 2.54. The fraction of sp³-hybridized carbons (Fsp3) is 0.538. The number of rotatable bonds is 3. The minimum Gasteiger partial charge on any atom is -0.497 e. The van der Waals surface area contributed by atoms with Crippen LogP contribution in [0.4, 0.5) is 13.2 Å². The summed E-state index contributed by atoms with van der Waals surface area (Å²) in [5, 5.41) is 9.99. The number of halogens is 3. The van der Waals surface area contributed by atoms with E-state index in [4.69, 9.17) is 4.74 Å². The zero-order valence-electron chi connectivity index (χ0n) is 10.9. The summed E-state index contributed by atoms with van der Waals surface area (Å²) in [6.45, 7) is 4.39. The van der Waals surface area contributed by atoms with Gasteiger partial charge in [-0.3, -0.25) is 0 Å². The van der Waals surface area contributed by atoms with E-state index in [9.17, 15) is 18.3 Å². The SMILES string of the molecule is CCC(O)(c1c(C)cc(OC)cc1C)C(F)(F)F. The quantitative estimate of drug-likeness (QED) is 0.903. The van der Waals surface area contributed by atoms with Crippen molar-refractivity contribution in [3.05, 3.63) is 28.8 Å². The highest BCUT2D eigenvalue weighted by atomic mass is 19.4. The van der Waals surface area contributed by atoms with Crippen molar-refractivity contribution in [2.45, 2.75) is 39.0 Å². The Kier molecular flexibility index (Phi) is 3.96. The Morgan fingerprint density at radius 3 is 1.89 bits per heavy atom. The zero-order valence-corrected chi connectivity index (χ0v) is 10.9. The van der Waals surface area contributed by atoms with Crippen molar-refractivity contribution in [3.8, 4) is 5.75 Å². The van der Waals surface area contributed by atoms with Crippen molar-refractivity contribution in [1.82, 2.24) is 0 Å². The fourth-order valence-corrected chi connectivity index (χ4v) is 2.21. The topological polar surface area (TPSA) is 29.5 Å². The fourth-order valence-electron chi connectivity index (χ4n) is 2.21. The molecule has 0 aliphatic heterocycles. The standard InChI is InChI=1S/C13H17F3O2/c1-5-12(17,13(14,15)16)11-8(2)6-10(18-4)7-9(11)3/h6-7,17H,5H2,1-4H3. The minimum absolute atomic E-state index is 0.0849. The molecule has 0 heterocycles. The van der Waals surface area contributed by atoms with Crippen molar-refractivity contribution in [2.75, 3.05) is 7.11 Å². The van der Waals surface area contributed by atoms with Crippen LogP contribution in [-0.2, 0) is 5.60 Å². The number of ether oxygens (including phenoxy) is 1. The van der Waals surface area contributed by atoms with Crippen molar-refractivity contribution >= 4 is 0 Å². The van der Waals surface area contributed by atoms with Gasteiger partial charge in [0.25, 0.3) is 0 Å². The number of benzene rings is 1. The Morgan fingerprint density at radius 1 is 1.17 bits per heavy atom. The number of aliphatic hydroxyl groups is 1. The molecule has 0 radical (unpaired) electrons. The number of hydrogen-bond acceptors (Lipinski definition) is 2. The summed E-state index contributed by atoms with van der Waals surface area (Å²) in [5.74, 6) is 0.481. The molecule has 1 aromatic carbocycles. The van der Waals surface area contributed by atoms with Crippen LogP contribution in [0.1, 0.15) is 30.0 Å². The van der Waals surface area contributed by atoms with Crippen LogP contribution in [0.3, 0.4) is 0 Å². The third kappa shape index (κ3) is 2.32. The molecule has 0 aromatic heterocycles. The van der Waals surface area contributed by atoms with Gasteiger partial charge in [-0.1, -0.05) is 6.92 Å². The molecule has 0 amide bonds. The highest BCUT2D eigenvalue weighted by Crippen LogP contribution is 2.44. The minimum atomic E-state index is -4.70. The first-order valence-corrected chi connectivity index (χ1v) is 5.62. The normalized spacial score (nSPS) is 15.3. The van der Waals surface area contributed by atoms with Crippen LogP contribution in [0.25, 0.3) is 0 Å². The van der Waals surface area contributed by atoms with Crippen molar-refractivity contribution in [1.29, 1.82) is 0 Å². The molecule has 5 heteroatoms. The number of methoxy groups -OCH3 is 1. The molecule has 0 saturated carbocycles. The number of aryl methyl sites for hydroxylation is 2. The monoisotopic (exact) mass is 262 g/mol. The lowest BCUT2D eigenvalue weighted by Gasteiger charge is -2.32. The van der Waals surface area contributed by atoms with Crippen LogP contribution in [0.5, 0.6) is 5.75 Å². The molecule has 1 N–H and O–H groups in total. The molecule has 1 unspecified atom stereocenters. The summed E-state index contributed by atoms with van der Waals surface area (Å²) in [4.78, 5) is 0. The van der Waals surface area contributed by atoms with Crippen molar-refractivity contribution in [3.63, 3.8) is 0 Å². The second-order valence-corrected chi connectivity index (χ2v) is 4.35. The van der Waals surface area contributed by atoms with E-state index in [-0.39, 0.29) is 5.56 Å². The zero-order chi connectivity index (χ0) is 14.1. The summed E-state index contributed by atoms with van der Waals surface area (Å²) in [7, 11) is 1.45. The molecule has 0 bridgehead atoms. The second kappa shape index (κ2) is 4.80. The van der Waals surface area contributed by atoms with Crippen LogP contribution < -0.4 is 4.74 Å². The second-order valence-electron chi connectivity index (χ2n) is 4.35. The Hall–Kier alpha value is -1.23. The third-order valence-electron chi connectivity index (χ3n) is 3.14. The Labute approximate surface area is 104 Å². The van der Waals surface area contributed by atoms with Crippen molar-refractivity contribution in [2.24, 2.45) is 0 Å². The summed E-state index contributed by atoms with van der Waals surface area (Å²) < 4.78 is 44.2.